The molecule has 2 rings (SSSR count). The van der Waals surface area contributed by atoms with Crippen molar-refractivity contribution in [2.24, 2.45) is 5.73 Å². The quantitative estimate of drug-likeness (QED) is 0.284. The van der Waals surface area contributed by atoms with Gasteiger partial charge in [-0.25, -0.2) is 14.8 Å². The molecule has 2 aromatic rings. The number of nitrogens with one attached hydrogen (secondary N) is 1. The number of halogens is 6. The fourth-order valence-electron chi connectivity index (χ4n) is 2.94. The van der Waals surface area contributed by atoms with Crippen molar-refractivity contribution in [3.63, 3.8) is 0 Å². The molecule has 0 aliphatic heterocycles. The van der Waals surface area contributed by atoms with E-state index in [1.54, 1.807) is 6.07 Å². The molecule has 0 spiro atoms. The van der Waals surface area contributed by atoms with Crippen LogP contribution in [0.4, 0.5) is 32.2 Å². The number of alkyl halides is 6. The molecule has 1 aromatic carbocycles. The lowest BCUT2D eigenvalue weighted by atomic mass is 9.88. The normalized spacial score (nSPS) is 13.3. The smallest absolute Gasteiger partial charge is 0.427 e. The summed E-state index contributed by atoms with van der Waals surface area (Å²) < 4.78 is 83.9. The highest BCUT2D eigenvalue weighted by molar-refractivity contribution is 5.97. The maximum atomic E-state index is 14.0. The lowest BCUT2D eigenvalue weighted by molar-refractivity contribution is -0.280. The number of nitriles is 1. The van der Waals surface area contributed by atoms with Crippen LogP contribution < -0.4 is 16.8 Å². The lowest BCUT2D eigenvalue weighted by Gasteiger charge is -2.33. The third-order valence-corrected chi connectivity index (χ3v) is 4.68. The summed E-state index contributed by atoms with van der Waals surface area (Å²) in [6.07, 6.45) is -10.9. The van der Waals surface area contributed by atoms with Crippen molar-refractivity contribution in [2.45, 2.75) is 31.3 Å². The number of carbonyl (C=O) groups excluding carboxylic acids is 3. The number of aromatic nitrogens is 2. The number of ether oxygens (including phenoxy) is 1. The zero-order valence-corrected chi connectivity index (χ0v) is 18.1. The zero-order valence-electron chi connectivity index (χ0n) is 18.1. The average molecular weight is 518 g/mol. The van der Waals surface area contributed by atoms with Gasteiger partial charge in [0.05, 0.1) is 24.4 Å². The number of nitrogens with zero attached hydrogens (tertiary/aromatic N) is 3. The largest absolute Gasteiger partial charge is 0.490 e. The number of aryl methyl sites for hydroxylation is 1. The van der Waals surface area contributed by atoms with Crippen LogP contribution in [0.2, 0.25) is 0 Å². The first kappa shape index (κ1) is 27.8. The van der Waals surface area contributed by atoms with Gasteiger partial charge >= 0.3 is 23.9 Å². The summed E-state index contributed by atoms with van der Waals surface area (Å²) in [7, 11) is 0. The molecule has 2 amide bonds. The summed E-state index contributed by atoms with van der Waals surface area (Å²) in [6, 6.07) is 3.93. The van der Waals surface area contributed by atoms with E-state index in [1.165, 1.54) is 6.92 Å². The van der Waals surface area contributed by atoms with Crippen LogP contribution in [0, 0.1) is 18.3 Å². The Morgan fingerprint density at radius 3 is 2.33 bits per heavy atom. The molecule has 0 radical (unpaired) electrons. The van der Waals surface area contributed by atoms with E-state index in [1.807, 2.05) is 0 Å². The van der Waals surface area contributed by atoms with Gasteiger partial charge in [0.2, 0.25) is 0 Å². The third-order valence-electron chi connectivity index (χ3n) is 4.68. The molecule has 0 aliphatic rings. The summed E-state index contributed by atoms with van der Waals surface area (Å²) in [5.74, 6) is -6.98. The molecule has 1 atom stereocenters. The molecule has 5 N–H and O–H groups in total. The van der Waals surface area contributed by atoms with Crippen LogP contribution in [-0.4, -0.2) is 46.6 Å². The Morgan fingerprint density at radius 1 is 1.17 bits per heavy atom. The number of amides is 2. The molecular weight excluding hydrogens is 502 g/mol. The number of carbonyl (C=O) groups is 3. The molecule has 1 unspecified atom stereocenters. The third kappa shape index (κ3) is 5.45. The minimum atomic E-state index is -5.91. The maximum Gasteiger partial charge on any atom is 0.490 e. The minimum absolute atomic E-state index is 0.0524. The van der Waals surface area contributed by atoms with E-state index in [4.69, 9.17) is 16.7 Å². The van der Waals surface area contributed by atoms with Crippen molar-refractivity contribution in [3.8, 4) is 17.3 Å². The highest BCUT2D eigenvalue weighted by atomic mass is 19.4. The number of nitrogen functional groups attached to an aromatic ring is 1. The second-order valence-electron chi connectivity index (χ2n) is 7.11. The fourth-order valence-corrected chi connectivity index (χ4v) is 2.94. The molecule has 10 nitrogen and oxygen atoms in total. The Bertz CT molecular complexity index is 1240. The maximum absolute atomic E-state index is 14.0. The Morgan fingerprint density at radius 2 is 1.81 bits per heavy atom. The van der Waals surface area contributed by atoms with E-state index in [-0.39, 0.29) is 35.6 Å². The first-order valence-corrected chi connectivity index (χ1v) is 9.62. The van der Waals surface area contributed by atoms with E-state index in [2.05, 4.69) is 20.0 Å². The van der Waals surface area contributed by atoms with Gasteiger partial charge in [-0.05, 0) is 18.6 Å². The van der Waals surface area contributed by atoms with Crippen molar-refractivity contribution in [1.82, 2.24) is 15.3 Å². The highest BCUT2D eigenvalue weighted by Gasteiger charge is 2.66. The summed E-state index contributed by atoms with van der Waals surface area (Å²) in [5.41, 5.74) is 3.89. The molecule has 36 heavy (non-hydrogen) atoms. The number of hydrogen-bond donors (Lipinski definition) is 3. The van der Waals surface area contributed by atoms with Gasteiger partial charge in [-0.1, -0.05) is 12.1 Å². The van der Waals surface area contributed by atoms with Crippen LogP contribution in [0.5, 0.6) is 0 Å². The Balaban J connectivity index is 2.70. The van der Waals surface area contributed by atoms with Gasteiger partial charge in [-0.2, -0.15) is 31.6 Å². The van der Waals surface area contributed by atoms with Gasteiger partial charge in [-0.3, -0.25) is 9.59 Å². The van der Waals surface area contributed by atoms with Gasteiger partial charge in [0, 0.05) is 17.7 Å². The number of esters is 1. The summed E-state index contributed by atoms with van der Waals surface area (Å²) in [4.78, 5) is 43.2. The van der Waals surface area contributed by atoms with Crippen LogP contribution in [-0.2, 0) is 19.9 Å². The standard InChI is InChI=1S/C20H16F6N6O4/c1-9-3-4-10(18(16(29)34,20(24,25)26)36-17(35)19(21,22)23)7-11(9)12-8-31-14(28)13(32-12)15(33)30-6-2-5-27/h3-4,7-8H,2,6H2,1H3,(H2,28,31)(H2,29,34)(H,30,33). The van der Waals surface area contributed by atoms with Gasteiger partial charge in [0.1, 0.15) is 0 Å². The van der Waals surface area contributed by atoms with Gasteiger partial charge in [-0.15, -0.1) is 0 Å². The van der Waals surface area contributed by atoms with Gasteiger partial charge < -0.3 is 21.5 Å². The molecule has 0 saturated carbocycles. The number of nitrogens with two attached hydrogens (primary N) is 2. The molecule has 192 valence electrons. The number of anilines is 1. The van der Waals surface area contributed by atoms with Crippen LogP contribution in [0.15, 0.2) is 24.4 Å². The Kier molecular flexibility index (Phi) is 7.77. The van der Waals surface area contributed by atoms with Crippen LogP contribution in [0.25, 0.3) is 11.3 Å². The topological polar surface area (TPSA) is 174 Å². The summed E-state index contributed by atoms with van der Waals surface area (Å²) in [6.45, 7) is 1.29. The molecule has 0 fully saturated rings. The van der Waals surface area contributed by atoms with Crippen molar-refractivity contribution < 1.29 is 45.5 Å². The van der Waals surface area contributed by atoms with Gasteiger partial charge in [0.25, 0.3) is 11.8 Å². The molecule has 16 heteroatoms. The highest BCUT2D eigenvalue weighted by Crippen LogP contribution is 2.44. The van der Waals surface area contributed by atoms with Crippen LogP contribution >= 0.6 is 0 Å². The van der Waals surface area contributed by atoms with E-state index in [0.717, 1.165) is 12.3 Å². The second kappa shape index (κ2) is 10.1. The molecule has 0 bridgehead atoms. The Hall–Kier alpha value is -4.42. The molecule has 1 aromatic heterocycles. The molecule has 1 heterocycles. The number of benzene rings is 1. The van der Waals surface area contributed by atoms with Crippen molar-refractivity contribution >= 4 is 23.6 Å². The lowest BCUT2D eigenvalue weighted by Crippen LogP contribution is -2.57. The van der Waals surface area contributed by atoms with E-state index in [9.17, 15) is 40.7 Å². The van der Waals surface area contributed by atoms with Crippen LogP contribution in [0.3, 0.4) is 0 Å². The fraction of sp³-hybridized carbons (Fsp3) is 0.300. The number of rotatable bonds is 7. The predicted molar refractivity (Wildman–Crippen MR) is 108 cm³/mol. The van der Waals surface area contributed by atoms with Gasteiger partial charge in [0.15, 0.2) is 11.5 Å². The monoisotopic (exact) mass is 518 g/mol. The minimum Gasteiger partial charge on any atom is -0.427 e. The zero-order chi connectivity index (χ0) is 27.5. The molecule has 0 saturated heterocycles. The summed E-state index contributed by atoms with van der Waals surface area (Å²) >= 11 is 0. The van der Waals surface area contributed by atoms with E-state index in [0.29, 0.717) is 12.1 Å². The van der Waals surface area contributed by atoms with Crippen molar-refractivity contribution in [3.05, 3.63) is 41.2 Å². The molecule has 0 aliphatic carbocycles. The van der Waals surface area contributed by atoms with Crippen LogP contribution in [0.1, 0.15) is 28.0 Å². The SMILES string of the molecule is Cc1ccc(C(OC(=O)C(F)(F)F)(C(N)=O)C(F)(F)F)cc1-c1cnc(N)c(C(=O)NCCC#N)n1. The van der Waals surface area contributed by atoms with Crippen molar-refractivity contribution in [2.75, 3.05) is 12.3 Å². The first-order chi connectivity index (χ1) is 16.6. The van der Waals surface area contributed by atoms with Crippen molar-refractivity contribution in [1.29, 1.82) is 5.26 Å². The predicted octanol–water partition coefficient (Wildman–Crippen LogP) is 2.03. The average Bonchev–Trinajstić information content (AvgIpc) is 2.76. The Labute approximate surface area is 198 Å². The number of hydrogen-bond acceptors (Lipinski definition) is 8. The second-order valence-corrected chi connectivity index (χ2v) is 7.11. The molecular formula is C20H16F6N6O4. The summed E-state index contributed by atoms with van der Waals surface area (Å²) in [5, 5.41) is 10.9. The van der Waals surface area contributed by atoms with E-state index < -0.39 is 47.0 Å². The first-order valence-electron chi connectivity index (χ1n) is 9.62. The number of primary amides is 1. The van der Waals surface area contributed by atoms with E-state index >= 15 is 0 Å².